The van der Waals surface area contributed by atoms with Crippen molar-refractivity contribution in [1.29, 1.82) is 0 Å². The van der Waals surface area contributed by atoms with Crippen LogP contribution >= 0.6 is 68.0 Å². The second kappa shape index (κ2) is 25.0. The van der Waals surface area contributed by atoms with Crippen molar-refractivity contribution < 1.29 is 0 Å². The highest BCUT2D eigenvalue weighted by atomic mass is 32.1. The van der Waals surface area contributed by atoms with Crippen LogP contribution in [0, 0.1) is 0 Å². The maximum atomic E-state index is 2.43. The Bertz CT molecular complexity index is 3990. The molecule has 0 radical (unpaired) electrons. The Labute approximate surface area is 537 Å². The Morgan fingerprint density at radius 2 is 0.375 bits per heavy atom. The van der Waals surface area contributed by atoms with Crippen molar-refractivity contribution in [2.75, 3.05) is 19.6 Å². The average molecular weight is 1240 g/mol. The first kappa shape index (κ1) is 55.0. The first-order valence-electron chi connectivity index (χ1n) is 29.0. The van der Waals surface area contributed by atoms with Crippen LogP contribution in [0.5, 0.6) is 0 Å². The molecule has 0 saturated carbocycles. The van der Waals surface area contributed by atoms with Gasteiger partial charge in [-0.3, -0.25) is 0 Å². The number of anilines is 12. The Balaban J connectivity index is 0.826. The summed E-state index contributed by atoms with van der Waals surface area (Å²) in [5.74, 6) is 0. The molecule has 15 rings (SSSR count). The smallest absolute Gasteiger partial charge is 0.101 e. The summed E-state index contributed by atoms with van der Waals surface area (Å²) in [6, 6.07) is 118. The molecule has 6 heterocycles. The molecule has 0 atom stereocenters. The van der Waals surface area contributed by atoms with Gasteiger partial charge in [0.25, 0.3) is 0 Å². The number of hydrogen-bond acceptors (Lipinski definition) is 10. The molecule has 0 aliphatic rings. The van der Waals surface area contributed by atoms with Gasteiger partial charge in [-0.25, -0.2) is 0 Å². The Morgan fingerprint density at radius 3 is 0.602 bits per heavy atom. The van der Waals surface area contributed by atoms with Gasteiger partial charge in [0.2, 0.25) is 0 Å². The molecule has 10 heteroatoms. The van der Waals surface area contributed by atoms with E-state index in [0.29, 0.717) is 0 Å². The summed E-state index contributed by atoms with van der Waals surface area (Å²) >= 11 is 11.1. The minimum Gasteiger partial charge on any atom is -0.302 e. The van der Waals surface area contributed by atoms with E-state index in [0.717, 1.165) is 65.5 Å². The summed E-state index contributed by atoms with van der Waals surface area (Å²) in [5, 5.41) is 4.63. The molecule has 15 aromatic rings. The molecule has 0 aliphatic carbocycles. The van der Waals surface area contributed by atoms with Gasteiger partial charge < -0.3 is 19.6 Å². The number of rotatable bonds is 18. The van der Waals surface area contributed by atoms with Crippen LogP contribution in [0.1, 0.15) is 0 Å². The zero-order chi connectivity index (χ0) is 58.6. The highest BCUT2D eigenvalue weighted by Gasteiger charge is 2.25. The van der Waals surface area contributed by atoms with Crippen molar-refractivity contribution in [2.24, 2.45) is 0 Å². The molecule has 0 unspecified atom stereocenters. The van der Waals surface area contributed by atoms with Gasteiger partial charge >= 0.3 is 0 Å². The van der Waals surface area contributed by atoms with Gasteiger partial charge in [-0.05, 0) is 169 Å². The van der Waals surface area contributed by atoms with Crippen LogP contribution in [0.3, 0.4) is 0 Å². The highest BCUT2D eigenvalue weighted by Crippen LogP contribution is 2.54. The second-order valence-electron chi connectivity index (χ2n) is 20.9. The first-order chi connectivity index (χ1) is 43.6. The Morgan fingerprint density at radius 1 is 0.170 bits per heavy atom. The van der Waals surface area contributed by atoms with Crippen LogP contribution in [0.15, 0.2) is 328 Å². The molecule has 0 amide bonds. The van der Waals surface area contributed by atoms with Crippen molar-refractivity contribution >= 4 is 134 Å². The molecule has 6 aromatic heterocycles. The van der Waals surface area contributed by atoms with E-state index in [1.54, 1.807) is 0 Å². The zero-order valence-electron chi connectivity index (χ0n) is 47.4. The SMILES string of the molecule is c1ccc(N(c2ccccc2)c2ccc(-c3cc(-c4ccc(-c5cc(-c6ccc(N(c7ccccc7)c7ccccc7)s6)c(-c6ccc(N(c7ccccc7)c7ccccc7)s6)s5)cc4)sc3-c3ccc(N(c4ccccc4)c4ccccc4)s3)s2)cc1. The summed E-state index contributed by atoms with van der Waals surface area (Å²) < 4.78 is 0. The number of hydrogen-bond donors (Lipinski definition) is 0. The molecule has 0 aliphatic heterocycles. The van der Waals surface area contributed by atoms with Crippen molar-refractivity contribution in [3.8, 4) is 61.3 Å². The van der Waals surface area contributed by atoms with Crippen molar-refractivity contribution in [1.82, 2.24) is 0 Å². The Hall–Kier alpha value is -9.62. The molecule has 0 saturated heterocycles. The summed E-state index contributed by atoms with van der Waals surface area (Å²) in [6.07, 6.45) is 0. The minimum absolute atomic E-state index is 1.12. The number of benzene rings is 9. The van der Waals surface area contributed by atoms with Crippen molar-refractivity contribution in [2.45, 2.75) is 0 Å². The van der Waals surface area contributed by atoms with E-state index >= 15 is 0 Å². The third-order valence-electron chi connectivity index (χ3n) is 15.3. The number of thiophene rings is 6. The van der Waals surface area contributed by atoms with Crippen LogP contribution in [-0.4, -0.2) is 0 Å². The van der Waals surface area contributed by atoms with Crippen LogP contribution in [0.2, 0.25) is 0 Å². The maximum absolute atomic E-state index is 2.43. The predicted molar refractivity (Wildman–Crippen MR) is 385 cm³/mol. The molecular weight excluding hydrogens is 1190 g/mol. The lowest BCUT2D eigenvalue weighted by Crippen LogP contribution is -2.07. The lowest BCUT2D eigenvalue weighted by molar-refractivity contribution is 1.32. The molecule has 0 spiro atoms. The fraction of sp³-hybridized carbons (Fsp3) is 0. The highest BCUT2D eigenvalue weighted by molar-refractivity contribution is 7.27. The van der Waals surface area contributed by atoms with Gasteiger partial charge in [0.05, 0.1) is 9.75 Å². The van der Waals surface area contributed by atoms with Gasteiger partial charge in [0.1, 0.15) is 20.0 Å². The van der Waals surface area contributed by atoms with Crippen LogP contribution in [0.25, 0.3) is 61.3 Å². The van der Waals surface area contributed by atoms with Gasteiger partial charge in [-0.2, -0.15) is 0 Å². The molecule has 4 nitrogen and oxygen atoms in total. The van der Waals surface area contributed by atoms with E-state index in [4.69, 9.17) is 0 Å². The topological polar surface area (TPSA) is 13.0 Å². The molecule has 0 bridgehead atoms. The molecule has 9 aromatic carbocycles. The molecule has 422 valence electrons. The zero-order valence-corrected chi connectivity index (χ0v) is 52.3. The first-order valence-corrected chi connectivity index (χ1v) is 33.9. The van der Waals surface area contributed by atoms with E-state index in [1.165, 1.54) is 61.3 Å². The maximum Gasteiger partial charge on any atom is 0.101 e. The molecular formula is C78H54N4S6. The minimum atomic E-state index is 1.12. The van der Waals surface area contributed by atoms with E-state index in [-0.39, 0.29) is 0 Å². The fourth-order valence-electron chi connectivity index (χ4n) is 11.2. The molecule has 88 heavy (non-hydrogen) atoms. The molecule has 0 fully saturated rings. The quantitative estimate of drug-likeness (QED) is 0.0849. The Kier molecular flexibility index (Phi) is 15.6. The summed E-state index contributed by atoms with van der Waals surface area (Å²) in [6.45, 7) is 0. The van der Waals surface area contributed by atoms with E-state index in [2.05, 4.69) is 347 Å². The van der Waals surface area contributed by atoms with Gasteiger partial charge in [0, 0.05) is 85.9 Å². The normalized spacial score (nSPS) is 11.2. The van der Waals surface area contributed by atoms with Gasteiger partial charge in [0.15, 0.2) is 0 Å². The lowest BCUT2D eigenvalue weighted by atomic mass is 10.1. The van der Waals surface area contributed by atoms with Crippen molar-refractivity contribution in [3.05, 3.63) is 328 Å². The standard InChI is InChI=1S/C78H54N4S6/c1-9-25-57(26-10-1)79(58-27-11-2-12-28-58)73-49-45-67(83-73)65-53-71(87-77(65)69-47-51-75(85-69)81(61-33-17-5-18-34-61)62-35-19-6-20-36-62)55-41-43-56(44-42-55)72-54-66(68-46-50-74(84-68)80(59-29-13-3-14-30-59)60-31-15-4-16-32-60)78(88-72)70-48-52-76(86-70)82(63-37-21-7-22-38-63)64-39-23-8-24-40-64/h1-54H. The van der Waals surface area contributed by atoms with Crippen LogP contribution in [-0.2, 0) is 0 Å². The number of nitrogens with zero attached hydrogens (tertiary/aromatic N) is 4. The van der Waals surface area contributed by atoms with E-state index in [1.807, 2.05) is 68.0 Å². The average Bonchev–Trinajstić information content (AvgIpc) is 3.52. The van der Waals surface area contributed by atoms with Gasteiger partial charge in [-0.1, -0.05) is 170 Å². The van der Waals surface area contributed by atoms with Crippen molar-refractivity contribution in [3.63, 3.8) is 0 Å². The van der Waals surface area contributed by atoms with Crippen LogP contribution < -0.4 is 19.6 Å². The van der Waals surface area contributed by atoms with E-state index in [9.17, 15) is 0 Å². The van der Waals surface area contributed by atoms with Gasteiger partial charge in [-0.15, -0.1) is 68.0 Å². The summed E-state index contributed by atoms with van der Waals surface area (Å²) in [5.41, 5.74) is 13.8. The second-order valence-corrected chi connectivity index (χ2v) is 27.2. The predicted octanol–water partition coefficient (Wildman–Crippen LogP) is 25.9. The lowest BCUT2D eigenvalue weighted by Gasteiger charge is -2.23. The monoisotopic (exact) mass is 1240 g/mol. The summed E-state index contributed by atoms with van der Waals surface area (Å²) in [4.78, 5) is 19.3. The van der Waals surface area contributed by atoms with Crippen LogP contribution in [0.4, 0.5) is 65.5 Å². The third kappa shape index (κ3) is 11.3. The van der Waals surface area contributed by atoms with E-state index < -0.39 is 0 Å². The summed E-state index contributed by atoms with van der Waals surface area (Å²) in [7, 11) is 0. The third-order valence-corrected chi connectivity index (χ3v) is 22.3. The largest absolute Gasteiger partial charge is 0.302 e. The molecule has 0 N–H and O–H groups in total. The fourth-order valence-corrected chi connectivity index (χ4v) is 18.1. The number of para-hydroxylation sites is 8.